The van der Waals surface area contributed by atoms with Crippen LogP contribution in [0.1, 0.15) is 21.5 Å². The molecule has 0 saturated carbocycles. The topological polar surface area (TPSA) is 26.3 Å². The minimum absolute atomic E-state index is 0.127. The molecule has 0 aliphatic heterocycles. The van der Waals surface area contributed by atoms with Gasteiger partial charge in [-0.25, -0.2) is 4.39 Å². The van der Waals surface area contributed by atoms with E-state index in [1.807, 2.05) is 13.0 Å². The molecule has 2 aromatic carbocycles. The lowest BCUT2D eigenvalue weighted by atomic mass is 10.1. The van der Waals surface area contributed by atoms with Crippen LogP contribution in [-0.2, 0) is 0 Å². The van der Waals surface area contributed by atoms with Gasteiger partial charge in [-0.2, -0.15) is 0 Å². The van der Waals surface area contributed by atoms with Crippen molar-refractivity contribution in [3.8, 4) is 11.5 Å². The van der Waals surface area contributed by atoms with Crippen LogP contribution in [0.4, 0.5) is 4.39 Å². The van der Waals surface area contributed by atoms with Crippen molar-refractivity contribution < 1.29 is 13.9 Å². The maximum absolute atomic E-state index is 13.8. The molecule has 0 unspecified atom stereocenters. The standard InChI is InChI=1S/C15H13FO2/c1-10-6-7-13(12(8-10)9-17)18-14-5-3-4-11(2)15(14)16/h3-9H,1-2H3. The van der Waals surface area contributed by atoms with Crippen molar-refractivity contribution in [2.45, 2.75) is 13.8 Å². The van der Waals surface area contributed by atoms with Gasteiger partial charge in [0.1, 0.15) is 5.75 Å². The molecule has 0 atom stereocenters. The maximum atomic E-state index is 13.8. The fourth-order valence-electron chi connectivity index (χ4n) is 1.67. The van der Waals surface area contributed by atoms with Crippen LogP contribution < -0.4 is 4.74 Å². The molecule has 0 radical (unpaired) electrons. The van der Waals surface area contributed by atoms with Gasteiger partial charge in [0.15, 0.2) is 17.9 Å². The molecule has 0 heterocycles. The molecule has 3 heteroatoms. The fourth-order valence-corrected chi connectivity index (χ4v) is 1.67. The normalized spacial score (nSPS) is 10.2. The van der Waals surface area contributed by atoms with Gasteiger partial charge in [0, 0.05) is 0 Å². The molecule has 18 heavy (non-hydrogen) atoms. The number of aldehydes is 1. The van der Waals surface area contributed by atoms with E-state index in [1.54, 1.807) is 31.2 Å². The molecule has 0 aromatic heterocycles. The lowest BCUT2D eigenvalue weighted by Gasteiger charge is -2.10. The van der Waals surface area contributed by atoms with Crippen LogP contribution in [0, 0.1) is 19.7 Å². The number of carbonyl (C=O) groups excluding carboxylic acids is 1. The van der Waals surface area contributed by atoms with Gasteiger partial charge in [-0.15, -0.1) is 0 Å². The van der Waals surface area contributed by atoms with Crippen molar-refractivity contribution in [3.63, 3.8) is 0 Å². The third kappa shape index (κ3) is 2.40. The highest BCUT2D eigenvalue weighted by Gasteiger charge is 2.09. The summed E-state index contributed by atoms with van der Waals surface area (Å²) in [6, 6.07) is 10.1. The Morgan fingerprint density at radius 2 is 1.89 bits per heavy atom. The summed E-state index contributed by atoms with van der Waals surface area (Å²) in [5.74, 6) is 0.0805. The molecule has 0 amide bonds. The smallest absolute Gasteiger partial charge is 0.168 e. The van der Waals surface area contributed by atoms with Crippen molar-refractivity contribution in [1.29, 1.82) is 0 Å². The van der Waals surface area contributed by atoms with Crippen molar-refractivity contribution in [2.24, 2.45) is 0 Å². The van der Waals surface area contributed by atoms with Gasteiger partial charge in [-0.1, -0.05) is 23.8 Å². The molecule has 0 bridgehead atoms. The predicted octanol–water partition coefficient (Wildman–Crippen LogP) is 4.05. The third-order valence-electron chi connectivity index (χ3n) is 2.67. The van der Waals surface area contributed by atoms with Gasteiger partial charge >= 0.3 is 0 Å². The summed E-state index contributed by atoms with van der Waals surface area (Å²) in [6.45, 7) is 3.54. The number of rotatable bonds is 3. The minimum Gasteiger partial charge on any atom is -0.454 e. The molecule has 0 N–H and O–H groups in total. The summed E-state index contributed by atoms with van der Waals surface area (Å²) in [6.07, 6.45) is 0.704. The van der Waals surface area contributed by atoms with Crippen LogP contribution in [0.3, 0.4) is 0 Å². The molecule has 0 fully saturated rings. The first-order valence-electron chi connectivity index (χ1n) is 5.60. The quantitative estimate of drug-likeness (QED) is 0.761. The van der Waals surface area contributed by atoms with E-state index >= 15 is 0 Å². The Morgan fingerprint density at radius 1 is 1.11 bits per heavy atom. The van der Waals surface area contributed by atoms with E-state index in [0.29, 0.717) is 23.2 Å². The van der Waals surface area contributed by atoms with Gasteiger partial charge in [-0.3, -0.25) is 4.79 Å². The number of hydrogen-bond acceptors (Lipinski definition) is 2. The van der Waals surface area contributed by atoms with E-state index in [2.05, 4.69) is 0 Å². The number of hydrogen-bond donors (Lipinski definition) is 0. The average Bonchev–Trinajstić information content (AvgIpc) is 2.37. The summed E-state index contributed by atoms with van der Waals surface area (Å²) >= 11 is 0. The monoisotopic (exact) mass is 244 g/mol. The third-order valence-corrected chi connectivity index (χ3v) is 2.67. The molecule has 2 rings (SSSR count). The zero-order valence-corrected chi connectivity index (χ0v) is 10.2. The zero-order chi connectivity index (χ0) is 13.1. The van der Waals surface area contributed by atoms with E-state index in [0.717, 1.165) is 5.56 Å². The SMILES string of the molecule is Cc1ccc(Oc2cccc(C)c2F)c(C=O)c1. The van der Waals surface area contributed by atoms with Crippen molar-refractivity contribution in [3.05, 3.63) is 58.9 Å². The zero-order valence-electron chi connectivity index (χ0n) is 10.2. The minimum atomic E-state index is -0.407. The lowest BCUT2D eigenvalue weighted by molar-refractivity contribution is 0.112. The predicted molar refractivity (Wildman–Crippen MR) is 67.8 cm³/mol. The van der Waals surface area contributed by atoms with Crippen molar-refractivity contribution in [1.82, 2.24) is 0 Å². The van der Waals surface area contributed by atoms with Gasteiger partial charge in [0.25, 0.3) is 0 Å². The van der Waals surface area contributed by atoms with Crippen molar-refractivity contribution >= 4 is 6.29 Å². The second-order valence-electron chi connectivity index (χ2n) is 4.15. The summed E-state index contributed by atoms with van der Waals surface area (Å²) in [4.78, 5) is 10.9. The Balaban J connectivity index is 2.40. The maximum Gasteiger partial charge on any atom is 0.168 e. The average molecular weight is 244 g/mol. The largest absolute Gasteiger partial charge is 0.454 e. The molecule has 92 valence electrons. The highest BCUT2D eigenvalue weighted by molar-refractivity contribution is 5.79. The van der Waals surface area contributed by atoms with Gasteiger partial charge in [-0.05, 0) is 37.6 Å². The van der Waals surface area contributed by atoms with Crippen LogP contribution >= 0.6 is 0 Å². The Labute approximate surface area is 105 Å². The first-order valence-corrected chi connectivity index (χ1v) is 5.60. The van der Waals surface area contributed by atoms with E-state index in [9.17, 15) is 9.18 Å². The summed E-state index contributed by atoms with van der Waals surface area (Å²) in [5.41, 5.74) is 1.87. The lowest BCUT2D eigenvalue weighted by Crippen LogP contribution is -1.94. The second kappa shape index (κ2) is 5.00. The van der Waals surface area contributed by atoms with Crippen LogP contribution in [0.2, 0.25) is 0 Å². The molecule has 0 aliphatic carbocycles. The Bertz CT molecular complexity index is 591. The number of aryl methyl sites for hydroxylation is 2. The number of halogens is 1. The van der Waals surface area contributed by atoms with E-state index in [1.165, 1.54) is 6.07 Å². The Hall–Kier alpha value is -2.16. The number of benzene rings is 2. The van der Waals surface area contributed by atoms with Gasteiger partial charge in [0.2, 0.25) is 0 Å². The van der Waals surface area contributed by atoms with E-state index in [4.69, 9.17) is 4.74 Å². The number of ether oxygens (including phenoxy) is 1. The summed E-state index contributed by atoms with van der Waals surface area (Å²) < 4.78 is 19.2. The first-order chi connectivity index (χ1) is 8.61. The van der Waals surface area contributed by atoms with Crippen molar-refractivity contribution in [2.75, 3.05) is 0 Å². The van der Waals surface area contributed by atoms with Crippen LogP contribution in [0.5, 0.6) is 11.5 Å². The molecule has 0 spiro atoms. The van der Waals surface area contributed by atoms with Gasteiger partial charge < -0.3 is 4.74 Å². The molecule has 2 aromatic rings. The number of carbonyl (C=O) groups is 1. The molecular weight excluding hydrogens is 231 g/mol. The Kier molecular flexibility index (Phi) is 3.42. The molecule has 2 nitrogen and oxygen atoms in total. The molecular formula is C15H13FO2. The van der Waals surface area contributed by atoms with Crippen LogP contribution in [0.25, 0.3) is 0 Å². The van der Waals surface area contributed by atoms with E-state index < -0.39 is 5.82 Å². The Morgan fingerprint density at radius 3 is 2.61 bits per heavy atom. The van der Waals surface area contributed by atoms with Crippen LogP contribution in [-0.4, -0.2) is 6.29 Å². The highest BCUT2D eigenvalue weighted by Crippen LogP contribution is 2.28. The fraction of sp³-hybridized carbons (Fsp3) is 0.133. The van der Waals surface area contributed by atoms with Gasteiger partial charge in [0.05, 0.1) is 5.56 Å². The molecule has 0 saturated heterocycles. The summed E-state index contributed by atoms with van der Waals surface area (Å²) in [7, 11) is 0. The summed E-state index contributed by atoms with van der Waals surface area (Å²) in [5, 5.41) is 0. The first kappa shape index (κ1) is 12.3. The second-order valence-corrected chi connectivity index (χ2v) is 4.15. The molecule has 0 aliphatic rings. The van der Waals surface area contributed by atoms with E-state index in [-0.39, 0.29) is 5.75 Å². The highest BCUT2D eigenvalue weighted by atomic mass is 19.1. The van der Waals surface area contributed by atoms with Crippen LogP contribution in [0.15, 0.2) is 36.4 Å².